The van der Waals surface area contributed by atoms with Crippen LogP contribution in [0.2, 0.25) is 0 Å². The molecule has 2 aromatic heterocycles. The van der Waals surface area contributed by atoms with Gasteiger partial charge in [-0.1, -0.05) is 30.3 Å². The first-order valence-electron chi connectivity index (χ1n) is 12.7. The van der Waals surface area contributed by atoms with Gasteiger partial charge in [-0.05, 0) is 53.1 Å². The molecule has 0 aliphatic carbocycles. The second-order valence-corrected chi connectivity index (χ2v) is 9.88. The minimum atomic E-state index is 0.436. The summed E-state index contributed by atoms with van der Waals surface area (Å²) in [5, 5.41) is 3.00. The topological polar surface area (TPSA) is 81.7 Å². The molecule has 1 N–H and O–H groups in total. The van der Waals surface area contributed by atoms with E-state index in [1.165, 1.54) is 5.56 Å². The fourth-order valence-corrected chi connectivity index (χ4v) is 5.04. The molecule has 8 nitrogen and oxygen atoms in total. The maximum absolute atomic E-state index is 5.85. The highest BCUT2D eigenvalue weighted by Gasteiger charge is 2.14. The molecule has 5 aromatic rings. The number of fused-ring (bicyclic) bond motifs is 1. The van der Waals surface area contributed by atoms with E-state index in [-0.39, 0.29) is 0 Å². The fraction of sp³-hybridized carbons (Fsp3) is 0.267. The van der Waals surface area contributed by atoms with E-state index in [1.807, 2.05) is 36.4 Å². The van der Waals surface area contributed by atoms with E-state index in [9.17, 15) is 0 Å². The zero-order chi connectivity index (χ0) is 26.9. The Balaban J connectivity index is 1.19. The summed E-state index contributed by atoms with van der Waals surface area (Å²) in [4.78, 5) is 14.7. The standard InChI is InChI=1S/C30H32N4O4S/c1-35-26-7-3-5-22(13-26)16-34(17-23-9-10-28-29(15-23)32-21-31-28)30-33-25(20-39-30)19-38-12-11-37-18-24-6-4-8-27(14-24)36-2/h3-10,13-15,20-21H,11-12,16-19H2,1-2H3,(H,31,32). The average molecular weight is 545 g/mol. The van der Waals surface area contributed by atoms with Crippen molar-refractivity contribution in [2.45, 2.75) is 26.3 Å². The summed E-state index contributed by atoms with van der Waals surface area (Å²) >= 11 is 1.62. The van der Waals surface area contributed by atoms with Crippen LogP contribution in [0.15, 0.2) is 78.4 Å². The molecule has 2 heterocycles. The van der Waals surface area contributed by atoms with Crippen LogP contribution in [-0.2, 0) is 35.8 Å². The molecule has 0 spiro atoms. The molecule has 0 amide bonds. The van der Waals surface area contributed by atoms with Crippen LogP contribution in [0.4, 0.5) is 5.13 Å². The van der Waals surface area contributed by atoms with Crippen LogP contribution in [-0.4, -0.2) is 42.4 Å². The summed E-state index contributed by atoms with van der Waals surface area (Å²) in [7, 11) is 3.35. The Hall–Kier alpha value is -3.92. The first-order valence-corrected chi connectivity index (χ1v) is 13.6. The van der Waals surface area contributed by atoms with Crippen molar-refractivity contribution in [3.63, 3.8) is 0 Å². The molecule has 0 aliphatic heterocycles. The van der Waals surface area contributed by atoms with Crippen LogP contribution in [0.5, 0.6) is 11.5 Å². The van der Waals surface area contributed by atoms with Crippen LogP contribution < -0.4 is 14.4 Å². The Bertz CT molecular complexity index is 1480. The lowest BCUT2D eigenvalue weighted by atomic mass is 10.1. The van der Waals surface area contributed by atoms with E-state index in [0.717, 1.165) is 44.5 Å². The average Bonchev–Trinajstić information content (AvgIpc) is 3.64. The number of rotatable bonds is 14. The highest BCUT2D eigenvalue weighted by Crippen LogP contribution is 2.27. The van der Waals surface area contributed by atoms with Crippen LogP contribution in [0.3, 0.4) is 0 Å². The first kappa shape index (κ1) is 26.7. The molecule has 202 valence electrons. The third kappa shape index (κ3) is 7.35. The number of imidazole rings is 1. The minimum absolute atomic E-state index is 0.436. The van der Waals surface area contributed by atoms with Gasteiger partial charge in [-0.25, -0.2) is 9.97 Å². The van der Waals surface area contributed by atoms with Crippen molar-refractivity contribution in [3.05, 3.63) is 101 Å². The third-order valence-corrected chi connectivity index (χ3v) is 7.15. The van der Waals surface area contributed by atoms with E-state index in [2.05, 4.69) is 50.6 Å². The number of thiazole rings is 1. The number of nitrogens with zero attached hydrogens (tertiary/aromatic N) is 3. The molecular formula is C30H32N4O4S. The van der Waals surface area contributed by atoms with Gasteiger partial charge in [0.05, 0.1) is 63.7 Å². The molecule has 0 unspecified atom stereocenters. The number of hydrogen-bond acceptors (Lipinski definition) is 8. The zero-order valence-corrected chi connectivity index (χ0v) is 22.9. The highest BCUT2D eigenvalue weighted by molar-refractivity contribution is 7.13. The van der Waals surface area contributed by atoms with Gasteiger partial charge in [0.25, 0.3) is 0 Å². The quantitative estimate of drug-likeness (QED) is 0.172. The van der Waals surface area contributed by atoms with Crippen molar-refractivity contribution in [3.8, 4) is 11.5 Å². The Labute approximate surface area is 232 Å². The smallest absolute Gasteiger partial charge is 0.186 e. The van der Waals surface area contributed by atoms with Gasteiger partial charge < -0.3 is 28.8 Å². The van der Waals surface area contributed by atoms with Crippen molar-refractivity contribution in [1.82, 2.24) is 15.0 Å². The van der Waals surface area contributed by atoms with E-state index in [4.69, 9.17) is 23.9 Å². The van der Waals surface area contributed by atoms with E-state index in [0.29, 0.717) is 39.5 Å². The van der Waals surface area contributed by atoms with Crippen molar-refractivity contribution in [2.24, 2.45) is 0 Å². The van der Waals surface area contributed by atoms with Crippen LogP contribution in [0.25, 0.3) is 11.0 Å². The van der Waals surface area contributed by atoms with Crippen molar-refractivity contribution < 1.29 is 18.9 Å². The Morgan fingerprint density at radius 1 is 0.795 bits per heavy atom. The number of benzene rings is 3. The maximum atomic E-state index is 5.85. The van der Waals surface area contributed by atoms with Gasteiger partial charge in [0.1, 0.15) is 11.5 Å². The van der Waals surface area contributed by atoms with E-state index < -0.39 is 0 Å². The molecule has 0 saturated heterocycles. The van der Waals surface area contributed by atoms with Gasteiger partial charge in [-0.2, -0.15) is 0 Å². The summed E-state index contributed by atoms with van der Waals surface area (Å²) < 4.78 is 22.3. The molecule has 0 bridgehead atoms. The van der Waals surface area contributed by atoms with Crippen molar-refractivity contribution in [2.75, 3.05) is 32.3 Å². The summed E-state index contributed by atoms with van der Waals surface area (Å²) in [5.41, 5.74) is 6.27. The Morgan fingerprint density at radius 3 is 2.26 bits per heavy atom. The summed E-state index contributed by atoms with van der Waals surface area (Å²) in [5.74, 6) is 1.67. The number of anilines is 1. The van der Waals surface area contributed by atoms with Crippen LogP contribution >= 0.6 is 11.3 Å². The highest BCUT2D eigenvalue weighted by atomic mass is 32.1. The first-order chi connectivity index (χ1) is 19.2. The van der Waals surface area contributed by atoms with Gasteiger partial charge in [0, 0.05) is 18.5 Å². The van der Waals surface area contributed by atoms with Crippen LogP contribution in [0, 0.1) is 0 Å². The molecule has 5 rings (SSSR count). The number of aromatic nitrogens is 3. The second-order valence-electron chi connectivity index (χ2n) is 9.04. The Kier molecular flexibility index (Phi) is 9.05. The van der Waals surface area contributed by atoms with Crippen molar-refractivity contribution in [1.29, 1.82) is 0 Å². The number of aromatic amines is 1. The van der Waals surface area contributed by atoms with Crippen LogP contribution in [0.1, 0.15) is 22.4 Å². The molecule has 39 heavy (non-hydrogen) atoms. The third-order valence-electron chi connectivity index (χ3n) is 6.20. The predicted octanol–water partition coefficient (Wildman–Crippen LogP) is 5.98. The van der Waals surface area contributed by atoms with E-state index >= 15 is 0 Å². The summed E-state index contributed by atoms with van der Waals surface area (Å²) in [6.45, 7) is 3.35. The predicted molar refractivity (Wildman–Crippen MR) is 153 cm³/mol. The molecule has 0 saturated carbocycles. The van der Waals surface area contributed by atoms with Crippen molar-refractivity contribution >= 4 is 27.5 Å². The summed E-state index contributed by atoms with van der Waals surface area (Å²) in [6, 6.07) is 22.3. The number of nitrogens with one attached hydrogen (secondary N) is 1. The molecule has 0 aliphatic rings. The number of H-pyrrole nitrogens is 1. The van der Waals surface area contributed by atoms with Gasteiger partial charge in [0.15, 0.2) is 5.13 Å². The Morgan fingerprint density at radius 2 is 1.49 bits per heavy atom. The lowest BCUT2D eigenvalue weighted by Crippen LogP contribution is -2.22. The lowest BCUT2D eigenvalue weighted by Gasteiger charge is -2.22. The molecule has 0 atom stereocenters. The molecule has 3 aromatic carbocycles. The number of ether oxygens (including phenoxy) is 4. The zero-order valence-electron chi connectivity index (χ0n) is 22.1. The van der Waals surface area contributed by atoms with Gasteiger partial charge in [-0.15, -0.1) is 11.3 Å². The lowest BCUT2D eigenvalue weighted by molar-refractivity contribution is 0.0330. The van der Waals surface area contributed by atoms with Gasteiger partial charge in [-0.3, -0.25) is 0 Å². The molecule has 9 heteroatoms. The van der Waals surface area contributed by atoms with Gasteiger partial charge in [0.2, 0.25) is 0 Å². The second kappa shape index (κ2) is 13.2. The molecule has 0 fully saturated rings. The van der Waals surface area contributed by atoms with Gasteiger partial charge >= 0.3 is 0 Å². The normalized spacial score (nSPS) is 11.1. The number of methoxy groups -OCH3 is 2. The maximum Gasteiger partial charge on any atom is 0.186 e. The number of hydrogen-bond donors (Lipinski definition) is 1. The summed E-state index contributed by atoms with van der Waals surface area (Å²) in [6.07, 6.45) is 1.72. The van der Waals surface area contributed by atoms with E-state index in [1.54, 1.807) is 31.9 Å². The minimum Gasteiger partial charge on any atom is -0.497 e. The monoisotopic (exact) mass is 544 g/mol. The largest absolute Gasteiger partial charge is 0.497 e. The molecule has 0 radical (unpaired) electrons. The fourth-order valence-electron chi connectivity index (χ4n) is 4.23. The molecular weight excluding hydrogens is 512 g/mol. The SMILES string of the molecule is COc1cccc(COCCOCc2csc(N(Cc3cccc(OC)c3)Cc3ccc4[nH]cnc4c3)n2)c1.